The molecule has 0 aromatic carbocycles. The van der Waals surface area contributed by atoms with Gasteiger partial charge in [-0.05, 0) is 12.8 Å². The Morgan fingerprint density at radius 1 is 1.57 bits per heavy atom. The summed E-state index contributed by atoms with van der Waals surface area (Å²) in [5.41, 5.74) is 0. The summed E-state index contributed by atoms with van der Waals surface area (Å²) in [6.45, 7) is 4.68. The molecule has 0 unspecified atom stereocenters. The lowest BCUT2D eigenvalue weighted by molar-refractivity contribution is -0.121. The Balaban J connectivity index is 2.34. The van der Waals surface area contributed by atoms with E-state index in [0.29, 0.717) is 13.0 Å². The fourth-order valence-electron chi connectivity index (χ4n) is 1.08. The van der Waals surface area contributed by atoms with Gasteiger partial charge in [0.1, 0.15) is 5.01 Å². The molecule has 14 heavy (non-hydrogen) atoms. The van der Waals surface area contributed by atoms with Crippen molar-refractivity contribution in [1.82, 2.24) is 10.3 Å². The van der Waals surface area contributed by atoms with Crippen LogP contribution in [-0.2, 0) is 17.8 Å². The summed E-state index contributed by atoms with van der Waals surface area (Å²) in [5, 5.41) is 3.84. The van der Waals surface area contributed by atoms with Gasteiger partial charge in [-0.3, -0.25) is 4.79 Å². The Morgan fingerprint density at radius 2 is 2.36 bits per heavy atom. The van der Waals surface area contributed by atoms with E-state index in [2.05, 4.69) is 17.2 Å². The largest absolute Gasteiger partial charge is 0.350 e. The highest BCUT2D eigenvalue weighted by atomic mass is 32.1. The van der Waals surface area contributed by atoms with Crippen LogP contribution in [-0.4, -0.2) is 10.9 Å². The number of rotatable bonds is 5. The van der Waals surface area contributed by atoms with Crippen molar-refractivity contribution in [2.45, 2.75) is 39.7 Å². The number of aryl methyl sites for hydroxylation is 1. The SMILES string of the molecule is CCCC(=O)NCc1ncc(CC)s1. The second-order valence-corrected chi connectivity index (χ2v) is 4.30. The van der Waals surface area contributed by atoms with Gasteiger partial charge in [-0.15, -0.1) is 11.3 Å². The molecule has 0 aliphatic carbocycles. The highest BCUT2D eigenvalue weighted by Crippen LogP contribution is 2.12. The van der Waals surface area contributed by atoms with Gasteiger partial charge in [0.25, 0.3) is 0 Å². The molecule has 1 amide bonds. The van der Waals surface area contributed by atoms with E-state index in [1.807, 2.05) is 13.1 Å². The number of carbonyl (C=O) groups is 1. The average Bonchev–Trinajstić information content (AvgIpc) is 2.63. The van der Waals surface area contributed by atoms with Gasteiger partial charge < -0.3 is 5.32 Å². The zero-order chi connectivity index (χ0) is 10.4. The number of aromatic nitrogens is 1. The number of hydrogen-bond donors (Lipinski definition) is 1. The number of nitrogens with one attached hydrogen (secondary N) is 1. The summed E-state index contributed by atoms with van der Waals surface area (Å²) in [4.78, 5) is 16.6. The first-order valence-electron chi connectivity index (χ1n) is 4.96. The lowest BCUT2D eigenvalue weighted by atomic mass is 10.3. The van der Waals surface area contributed by atoms with Crippen molar-refractivity contribution in [3.63, 3.8) is 0 Å². The van der Waals surface area contributed by atoms with Gasteiger partial charge in [0.2, 0.25) is 5.91 Å². The summed E-state index contributed by atoms with van der Waals surface area (Å²) in [7, 11) is 0. The van der Waals surface area contributed by atoms with Crippen LogP contribution in [0.1, 0.15) is 36.6 Å². The second kappa shape index (κ2) is 5.75. The third-order valence-electron chi connectivity index (χ3n) is 1.86. The Kier molecular flexibility index (Phi) is 4.59. The third-order valence-corrected chi connectivity index (χ3v) is 3.01. The van der Waals surface area contributed by atoms with E-state index in [4.69, 9.17) is 0 Å². The van der Waals surface area contributed by atoms with Crippen LogP contribution in [0.4, 0.5) is 0 Å². The minimum absolute atomic E-state index is 0.112. The van der Waals surface area contributed by atoms with Gasteiger partial charge in [-0.2, -0.15) is 0 Å². The molecule has 0 spiro atoms. The summed E-state index contributed by atoms with van der Waals surface area (Å²) in [5.74, 6) is 0.112. The van der Waals surface area contributed by atoms with Gasteiger partial charge in [-0.1, -0.05) is 13.8 Å². The molecule has 0 saturated heterocycles. The molecule has 4 heteroatoms. The molecule has 3 nitrogen and oxygen atoms in total. The molecule has 1 aromatic heterocycles. The third kappa shape index (κ3) is 3.46. The van der Waals surface area contributed by atoms with Crippen molar-refractivity contribution in [3.05, 3.63) is 16.1 Å². The van der Waals surface area contributed by atoms with E-state index in [9.17, 15) is 4.79 Å². The van der Waals surface area contributed by atoms with Crippen molar-refractivity contribution in [2.75, 3.05) is 0 Å². The highest BCUT2D eigenvalue weighted by Gasteiger charge is 2.02. The number of carbonyl (C=O) groups excluding carboxylic acids is 1. The normalized spacial score (nSPS) is 10.1. The van der Waals surface area contributed by atoms with Crippen molar-refractivity contribution < 1.29 is 4.79 Å². The summed E-state index contributed by atoms with van der Waals surface area (Å²) in [6, 6.07) is 0. The van der Waals surface area contributed by atoms with Crippen molar-refractivity contribution in [3.8, 4) is 0 Å². The van der Waals surface area contributed by atoms with Crippen molar-refractivity contribution in [1.29, 1.82) is 0 Å². The van der Waals surface area contributed by atoms with Crippen LogP contribution in [0.5, 0.6) is 0 Å². The van der Waals surface area contributed by atoms with Gasteiger partial charge in [-0.25, -0.2) is 4.98 Å². The molecule has 1 rings (SSSR count). The zero-order valence-electron chi connectivity index (χ0n) is 8.67. The van der Waals surface area contributed by atoms with Crippen LogP contribution < -0.4 is 5.32 Å². The molecule has 0 bridgehead atoms. The molecule has 0 atom stereocenters. The van der Waals surface area contributed by atoms with Crippen LogP contribution in [0.15, 0.2) is 6.20 Å². The molecular weight excluding hydrogens is 196 g/mol. The molecule has 0 radical (unpaired) electrons. The van der Waals surface area contributed by atoms with Crippen LogP contribution >= 0.6 is 11.3 Å². The summed E-state index contributed by atoms with van der Waals surface area (Å²) in [6.07, 6.45) is 4.39. The monoisotopic (exact) mass is 212 g/mol. The predicted octanol–water partition coefficient (Wildman–Crippen LogP) is 2.12. The van der Waals surface area contributed by atoms with Gasteiger partial charge in [0, 0.05) is 17.5 Å². The first-order chi connectivity index (χ1) is 6.76. The highest BCUT2D eigenvalue weighted by molar-refractivity contribution is 7.11. The first kappa shape index (κ1) is 11.2. The van der Waals surface area contributed by atoms with Crippen molar-refractivity contribution in [2.24, 2.45) is 0 Å². The minimum atomic E-state index is 0.112. The topological polar surface area (TPSA) is 42.0 Å². The molecular formula is C10H16N2OS. The molecule has 78 valence electrons. The van der Waals surface area contributed by atoms with Gasteiger partial charge >= 0.3 is 0 Å². The van der Waals surface area contributed by atoms with Crippen LogP contribution in [0.25, 0.3) is 0 Å². The predicted molar refractivity (Wildman–Crippen MR) is 58.2 cm³/mol. The molecule has 0 saturated carbocycles. The summed E-state index contributed by atoms with van der Waals surface area (Å²) < 4.78 is 0. The first-order valence-corrected chi connectivity index (χ1v) is 5.78. The fraction of sp³-hybridized carbons (Fsp3) is 0.600. The Bertz CT molecular complexity index is 296. The summed E-state index contributed by atoms with van der Waals surface area (Å²) >= 11 is 1.67. The number of amides is 1. The maximum absolute atomic E-state index is 11.2. The maximum atomic E-state index is 11.2. The van der Waals surface area contributed by atoms with Crippen LogP contribution in [0, 0.1) is 0 Å². The molecule has 1 N–H and O–H groups in total. The molecule has 0 aliphatic heterocycles. The van der Waals surface area contributed by atoms with E-state index in [0.717, 1.165) is 17.8 Å². The van der Waals surface area contributed by atoms with E-state index in [1.165, 1.54) is 4.88 Å². The number of nitrogens with zero attached hydrogens (tertiary/aromatic N) is 1. The smallest absolute Gasteiger partial charge is 0.220 e. The quantitative estimate of drug-likeness (QED) is 0.812. The van der Waals surface area contributed by atoms with Gasteiger partial charge in [0.15, 0.2) is 0 Å². The number of thiazole rings is 1. The molecule has 1 heterocycles. The number of hydrogen-bond acceptors (Lipinski definition) is 3. The van der Waals surface area contributed by atoms with Gasteiger partial charge in [0.05, 0.1) is 6.54 Å². The lowest BCUT2D eigenvalue weighted by Crippen LogP contribution is -2.21. The lowest BCUT2D eigenvalue weighted by Gasteiger charge is -2.00. The molecule has 0 fully saturated rings. The zero-order valence-corrected chi connectivity index (χ0v) is 9.49. The molecule has 1 aromatic rings. The fourth-order valence-corrected chi connectivity index (χ4v) is 1.88. The average molecular weight is 212 g/mol. The van der Waals surface area contributed by atoms with Crippen LogP contribution in [0.2, 0.25) is 0 Å². The Hall–Kier alpha value is -0.900. The van der Waals surface area contributed by atoms with E-state index < -0.39 is 0 Å². The van der Waals surface area contributed by atoms with Crippen LogP contribution in [0.3, 0.4) is 0 Å². The molecule has 0 aliphatic rings. The van der Waals surface area contributed by atoms with E-state index >= 15 is 0 Å². The van der Waals surface area contributed by atoms with E-state index in [-0.39, 0.29) is 5.91 Å². The standard InChI is InChI=1S/C10H16N2OS/c1-3-5-9(13)11-7-10-12-6-8(4-2)14-10/h6H,3-5,7H2,1-2H3,(H,11,13). The second-order valence-electron chi connectivity index (χ2n) is 3.10. The maximum Gasteiger partial charge on any atom is 0.220 e. The van der Waals surface area contributed by atoms with E-state index in [1.54, 1.807) is 11.3 Å². The van der Waals surface area contributed by atoms with Crippen molar-refractivity contribution >= 4 is 17.2 Å². The minimum Gasteiger partial charge on any atom is -0.350 e. The Morgan fingerprint density at radius 3 is 2.93 bits per heavy atom. The Labute approximate surface area is 88.6 Å².